The van der Waals surface area contributed by atoms with E-state index in [0.29, 0.717) is 21.6 Å². The number of hydrogen-bond donors (Lipinski definition) is 0. The van der Waals surface area contributed by atoms with Gasteiger partial charge in [-0.1, -0.05) is 24.3 Å². The molecule has 6 heteroatoms. The second-order valence-electron chi connectivity index (χ2n) is 5.26. The maximum absolute atomic E-state index is 13.6. The molecular weight excluding hydrogens is 359 g/mol. The highest BCUT2D eigenvalue weighted by Gasteiger charge is 2.20. The first-order valence-corrected chi connectivity index (χ1v) is 9.82. The average Bonchev–Trinajstić information content (AvgIpc) is 3.16. The fourth-order valence-corrected chi connectivity index (χ4v) is 5.21. The minimum absolute atomic E-state index is 0.331. The second-order valence-corrected chi connectivity index (χ2v) is 7.98. The standard InChI is InChI=1S/C19H17FO3S2/c1-22-17-12-14(19-24-10-11-25-19)6-8-16(17)23-18(21)9-7-13-4-2-3-5-15(13)20/h2-9,12,19H,10-11H2,1H3/b9-7+. The topological polar surface area (TPSA) is 35.5 Å². The van der Waals surface area contributed by atoms with Gasteiger partial charge < -0.3 is 9.47 Å². The number of benzene rings is 2. The van der Waals surface area contributed by atoms with Crippen molar-refractivity contribution in [2.24, 2.45) is 0 Å². The van der Waals surface area contributed by atoms with Crippen molar-refractivity contribution in [1.29, 1.82) is 0 Å². The molecule has 0 atom stereocenters. The van der Waals surface area contributed by atoms with Crippen LogP contribution in [0, 0.1) is 5.82 Å². The Kier molecular flexibility index (Phi) is 6.04. The van der Waals surface area contributed by atoms with E-state index in [1.54, 1.807) is 31.4 Å². The molecule has 3 nitrogen and oxygen atoms in total. The molecule has 0 radical (unpaired) electrons. The number of ether oxygens (including phenoxy) is 2. The molecule has 0 N–H and O–H groups in total. The smallest absolute Gasteiger partial charge is 0.336 e. The van der Waals surface area contributed by atoms with Gasteiger partial charge in [0.2, 0.25) is 0 Å². The van der Waals surface area contributed by atoms with E-state index in [0.717, 1.165) is 17.1 Å². The van der Waals surface area contributed by atoms with Crippen LogP contribution in [0.1, 0.15) is 15.7 Å². The molecule has 1 fully saturated rings. The molecule has 0 aromatic heterocycles. The fraction of sp³-hybridized carbons (Fsp3) is 0.211. The number of thioether (sulfide) groups is 2. The number of esters is 1. The van der Waals surface area contributed by atoms with E-state index in [2.05, 4.69) is 0 Å². The molecule has 25 heavy (non-hydrogen) atoms. The van der Waals surface area contributed by atoms with Crippen molar-refractivity contribution in [1.82, 2.24) is 0 Å². The van der Waals surface area contributed by atoms with Crippen molar-refractivity contribution in [2.45, 2.75) is 4.58 Å². The molecule has 0 spiro atoms. The molecule has 0 aliphatic carbocycles. The number of carbonyl (C=O) groups excluding carboxylic acids is 1. The van der Waals surface area contributed by atoms with Gasteiger partial charge in [-0.15, -0.1) is 23.5 Å². The minimum atomic E-state index is -0.584. The summed E-state index contributed by atoms with van der Waals surface area (Å²) in [5.41, 5.74) is 1.48. The molecule has 3 rings (SSSR count). The summed E-state index contributed by atoms with van der Waals surface area (Å²) in [4.78, 5) is 12.0. The Morgan fingerprint density at radius 2 is 1.92 bits per heavy atom. The van der Waals surface area contributed by atoms with E-state index in [1.807, 2.05) is 35.7 Å². The lowest BCUT2D eigenvalue weighted by Crippen LogP contribution is -2.05. The third-order valence-corrected chi connectivity index (χ3v) is 6.70. The van der Waals surface area contributed by atoms with Gasteiger partial charge in [0.1, 0.15) is 5.82 Å². The number of hydrogen-bond acceptors (Lipinski definition) is 5. The summed E-state index contributed by atoms with van der Waals surface area (Å²) in [6.07, 6.45) is 2.60. The lowest BCUT2D eigenvalue weighted by Gasteiger charge is -2.13. The number of carbonyl (C=O) groups is 1. The molecule has 2 aromatic carbocycles. The Hall–Kier alpha value is -1.92. The molecule has 0 saturated carbocycles. The molecule has 0 unspecified atom stereocenters. The van der Waals surface area contributed by atoms with Gasteiger partial charge in [0, 0.05) is 23.1 Å². The van der Waals surface area contributed by atoms with Crippen LogP contribution in [0.4, 0.5) is 4.39 Å². The van der Waals surface area contributed by atoms with Crippen LogP contribution in [0.3, 0.4) is 0 Å². The van der Waals surface area contributed by atoms with E-state index in [9.17, 15) is 9.18 Å². The predicted molar refractivity (Wildman–Crippen MR) is 102 cm³/mol. The number of halogens is 1. The molecule has 1 aliphatic heterocycles. The Balaban J connectivity index is 1.71. The summed E-state index contributed by atoms with van der Waals surface area (Å²) in [7, 11) is 1.54. The zero-order chi connectivity index (χ0) is 17.6. The monoisotopic (exact) mass is 376 g/mol. The molecule has 1 heterocycles. The highest BCUT2D eigenvalue weighted by Crippen LogP contribution is 2.46. The zero-order valence-electron chi connectivity index (χ0n) is 13.6. The number of methoxy groups -OCH3 is 1. The Bertz CT molecular complexity index is 786. The molecule has 130 valence electrons. The van der Waals surface area contributed by atoms with Crippen LogP contribution in [0.2, 0.25) is 0 Å². The van der Waals surface area contributed by atoms with Crippen molar-refractivity contribution in [3.63, 3.8) is 0 Å². The van der Waals surface area contributed by atoms with Crippen LogP contribution < -0.4 is 9.47 Å². The largest absolute Gasteiger partial charge is 0.493 e. The Labute approximate surface area is 154 Å². The van der Waals surface area contributed by atoms with E-state index >= 15 is 0 Å². The summed E-state index contributed by atoms with van der Waals surface area (Å²) in [6, 6.07) is 11.8. The SMILES string of the molecule is COc1cc(C2SCCS2)ccc1OC(=O)/C=C/c1ccccc1F. The second kappa shape index (κ2) is 8.45. The zero-order valence-corrected chi connectivity index (χ0v) is 15.2. The van der Waals surface area contributed by atoms with E-state index in [-0.39, 0.29) is 5.82 Å². The third-order valence-electron chi connectivity index (χ3n) is 3.60. The van der Waals surface area contributed by atoms with E-state index < -0.39 is 5.97 Å². The van der Waals surface area contributed by atoms with Gasteiger partial charge in [-0.2, -0.15) is 0 Å². The molecule has 0 amide bonds. The quantitative estimate of drug-likeness (QED) is 0.420. The van der Waals surface area contributed by atoms with Gasteiger partial charge >= 0.3 is 5.97 Å². The van der Waals surface area contributed by atoms with Crippen molar-refractivity contribution in [2.75, 3.05) is 18.6 Å². The summed E-state index contributed by atoms with van der Waals surface area (Å²) in [5, 5.41) is 0. The lowest BCUT2D eigenvalue weighted by molar-refractivity contribution is -0.129. The lowest BCUT2D eigenvalue weighted by atomic mass is 10.2. The van der Waals surface area contributed by atoms with Crippen molar-refractivity contribution < 1.29 is 18.7 Å². The van der Waals surface area contributed by atoms with Crippen molar-refractivity contribution in [3.05, 3.63) is 65.5 Å². The minimum Gasteiger partial charge on any atom is -0.493 e. The van der Waals surface area contributed by atoms with E-state index in [4.69, 9.17) is 9.47 Å². The van der Waals surface area contributed by atoms with Crippen LogP contribution in [0.25, 0.3) is 6.08 Å². The van der Waals surface area contributed by atoms with Crippen LogP contribution >= 0.6 is 23.5 Å². The molecule has 2 aromatic rings. The van der Waals surface area contributed by atoms with Gasteiger partial charge in [0.15, 0.2) is 11.5 Å². The summed E-state index contributed by atoms with van der Waals surface area (Å²) in [6.45, 7) is 0. The first kappa shape index (κ1) is 17.9. The highest BCUT2D eigenvalue weighted by atomic mass is 32.2. The van der Waals surface area contributed by atoms with Gasteiger partial charge in [-0.3, -0.25) is 0 Å². The molecule has 1 aliphatic rings. The van der Waals surface area contributed by atoms with Crippen molar-refractivity contribution >= 4 is 35.6 Å². The normalized spacial score (nSPS) is 14.8. The highest BCUT2D eigenvalue weighted by molar-refractivity contribution is 8.19. The summed E-state index contributed by atoms with van der Waals surface area (Å²) < 4.78 is 24.6. The predicted octanol–water partition coefficient (Wildman–Crippen LogP) is 4.93. The van der Waals surface area contributed by atoms with Crippen LogP contribution in [0.15, 0.2) is 48.5 Å². The Morgan fingerprint density at radius 3 is 2.64 bits per heavy atom. The van der Waals surface area contributed by atoms with Gasteiger partial charge in [-0.05, 0) is 29.8 Å². The van der Waals surface area contributed by atoms with Crippen molar-refractivity contribution in [3.8, 4) is 11.5 Å². The van der Waals surface area contributed by atoms with Gasteiger partial charge in [-0.25, -0.2) is 9.18 Å². The third kappa shape index (κ3) is 4.58. The van der Waals surface area contributed by atoms with Crippen LogP contribution in [-0.2, 0) is 4.79 Å². The maximum Gasteiger partial charge on any atom is 0.336 e. The molecule has 0 bridgehead atoms. The van der Waals surface area contributed by atoms with Gasteiger partial charge in [0.25, 0.3) is 0 Å². The van der Waals surface area contributed by atoms with Gasteiger partial charge in [0.05, 0.1) is 11.7 Å². The van der Waals surface area contributed by atoms with Crippen LogP contribution in [0.5, 0.6) is 11.5 Å². The first-order chi connectivity index (χ1) is 12.2. The summed E-state index contributed by atoms with van der Waals surface area (Å²) >= 11 is 3.79. The molecular formula is C19H17FO3S2. The average molecular weight is 376 g/mol. The Morgan fingerprint density at radius 1 is 1.16 bits per heavy atom. The first-order valence-electron chi connectivity index (χ1n) is 7.73. The van der Waals surface area contributed by atoms with Crippen LogP contribution in [-0.4, -0.2) is 24.6 Å². The fourth-order valence-electron chi connectivity index (χ4n) is 2.38. The summed E-state index contributed by atoms with van der Waals surface area (Å²) in [5.74, 6) is 2.16. The van der Waals surface area contributed by atoms with E-state index in [1.165, 1.54) is 18.2 Å². The molecule has 1 saturated heterocycles. The maximum atomic E-state index is 13.6. The number of rotatable bonds is 5.